The van der Waals surface area contributed by atoms with E-state index in [4.69, 9.17) is 21.1 Å². The van der Waals surface area contributed by atoms with E-state index < -0.39 is 0 Å². The summed E-state index contributed by atoms with van der Waals surface area (Å²) in [6, 6.07) is 16.8. The molecule has 0 aliphatic heterocycles. The van der Waals surface area contributed by atoms with Crippen LogP contribution in [0.2, 0.25) is 5.02 Å². The van der Waals surface area contributed by atoms with Crippen LogP contribution in [0.1, 0.15) is 10.5 Å². The van der Waals surface area contributed by atoms with Gasteiger partial charge in [-0.25, -0.2) is 4.68 Å². The summed E-state index contributed by atoms with van der Waals surface area (Å²) in [6.07, 6.45) is 1.69. The molecule has 0 N–H and O–H groups in total. The van der Waals surface area contributed by atoms with Crippen LogP contribution in [-0.4, -0.2) is 47.9 Å². The second-order valence-corrected chi connectivity index (χ2v) is 6.24. The SMILES string of the molecule is COc1cn(-c2ccccc2)nc1C(=O)N(C)CCOc1ccccc1Cl. The molecule has 3 rings (SSSR count). The Morgan fingerprint density at radius 1 is 1.11 bits per heavy atom. The van der Waals surface area contributed by atoms with Gasteiger partial charge >= 0.3 is 0 Å². The van der Waals surface area contributed by atoms with Gasteiger partial charge in [0.1, 0.15) is 12.4 Å². The summed E-state index contributed by atoms with van der Waals surface area (Å²) in [5.74, 6) is 0.762. The van der Waals surface area contributed by atoms with Gasteiger partial charge in [0.15, 0.2) is 11.4 Å². The van der Waals surface area contributed by atoms with Gasteiger partial charge in [0.25, 0.3) is 5.91 Å². The fourth-order valence-corrected chi connectivity index (χ4v) is 2.70. The molecule has 140 valence electrons. The smallest absolute Gasteiger partial charge is 0.278 e. The number of halogens is 1. The molecule has 2 aromatic carbocycles. The standard InChI is InChI=1S/C20H20ClN3O3/c1-23(12-13-27-17-11-7-6-10-16(17)21)20(25)19-18(26-2)14-24(22-19)15-8-4-3-5-9-15/h3-11,14H,12-13H2,1-2H3. The summed E-state index contributed by atoms with van der Waals surface area (Å²) in [7, 11) is 3.21. The molecule has 0 aliphatic rings. The van der Waals surface area contributed by atoms with Crippen LogP contribution in [0.25, 0.3) is 5.69 Å². The maximum absolute atomic E-state index is 12.8. The van der Waals surface area contributed by atoms with E-state index in [9.17, 15) is 4.79 Å². The number of rotatable bonds is 7. The highest BCUT2D eigenvalue weighted by molar-refractivity contribution is 6.32. The van der Waals surface area contributed by atoms with Gasteiger partial charge in [-0.1, -0.05) is 41.9 Å². The summed E-state index contributed by atoms with van der Waals surface area (Å²) < 4.78 is 12.6. The fraction of sp³-hybridized carbons (Fsp3) is 0.200. The van der Waals surface area contributed by atoms with Crippen molar-refractivity contribution in [3.05, 3.63) is 71.5 Å². The predicted octanol–water partition coefficient (Wildman–Crippen LogP) is 3.69. The average molecular weight is 386 g/mol. The van der Waals surface area contributed by atoms with E-state index in [1.54, 1.807) is 30.1 Å². The molecule has 7 heteroatoms. The van der Waals surface area contributed by atoms with E-state index in [0.29, 0.717) is 29.7 Å². The van der Waals surface area contributed by atoms with Crippen molar-refractivity contribution in [3.63, 3.8) is 0 Å². The molecule has 27 heavy (non-hydrogen) atoms. The average Bonchev–Trinajstić information content (AvgIpc) is 3.14. The molecule has 0 aliphatic carbocycles. The highest BCUT2D eigenvalue weighted by Gasteiger charge is 2.21. The van der Waals surface area contributed by atoms with Crippen molar-refractivity contribution in [2.24, 2.45) is 0 Å². The molecule has 0 unspecified atom stereocenters. The molecule has 0 spiro atoms. The molecule has 3 aromatic rings. The number of ether oxygens (including phenoxy) is 2. The lowest BCUT2D eigenvalue weighted by Gasteiger charge is -2.17. The second kappa shape index (κ2) is 8.60. The monoisotopic (exact) mass is 385 g/mol. The van der Waals surface area contributed by atoms with Crippen molar-refractivity contribution >= 4 is 17.5 Å². The summed E-state index contributed by atoms with van der Waals surface area (Å²) in [6.45, 7) is 0.694. The van der Waals surface area contributed by atoms with Crippen molar-refractivity contribution < 1.29 is 14.3 Å². The number of amides is 1. The number of carbonyl (C=O) groups is 1. The van der Waals surface area contributed by atoms with Crippen LogP contribution in [0.3, 0.4) is 0 Å². The normalized spacial score (nSPS) is 10.5. The van der Waals surface area contributed by atoms with Crippen molar-refractivity contribution in [3.8, 4) is 17.2 Å². The topological polar surface area (TPSA) is 56.6 Å². The first-order valence-electron chi connectivity index (χ1n) is 8.42. The Bertz CT molecular complexity index is 912. The van der Waals surface area contributed by atoms with Crippen LogP contribution in [0.15, 0.2) is 60.8 Å². The van der Waals surface area contributed by atoms with Gasteiger partial charge in [0.05, 0.1) is 30.6 Å². The van der Waals surface area contributed by atoms with E-state index in [2.05, 4.69) is 5.10 Å². The van der Waals surface area contributed by atoms with Crippen LogP contribution < -0.4 is 9.47 Å². The van der Waals surface area contributed by atoms with Gasteiger partial charge in [-0.15, -0.1) is 0 Å². The number of likely N-dealkylation sites (N-methyl/N-ethyl adjacent to an activating group) is 1. The highest BCUT2D eigenvalue weighted by Crippen LogP contribution is 2.23. The van der Waals surface area contributed by atoms with Crippen LogP contribution in [0.4, 0.5) is 0 Å². The summed E-state index contributed by atoms with van der Waals surface area (Å²) in [4.78, 5) is 14.3. The van der Waals surface area contributed by atoms with Gasteiger partial charge in [-0.05, 0) is 24.3 Å². The first-order chi connectivity index (χ1) is 13.1. The largest absolute Gasteiger partial charge is 0.493 e. The second-order valence-electron chi connectivity index (χ2n) is 5.83. The van der Waals surface area contributed by atoms with Gasteiger partial charge in [0, 0.05) is 7.05 Å². The van der Waals surface area contributed by atoms with Crippen LogP contribution >= 0.6 is 11.6 Å². The van der Waals surface area contributed by atoms with Crippen molar-refractivity contribution in [2.45, 2.75) is 0 Å². The Balaban J connectivity index is 1.67. The summed E-state index contributed by atoms with van der Waals surface area (Å²) >= 11 is 6.06. The number of benzene rings is 2. The van der Waals surface area contributed by atoms with Crippen LogP contribution in [-0.2, 0) is 0 Å². The lowest BCUT2D eigenvalue weighted by atomic mass is 10.3. The number of methoxy groups -OCH3 is 1. The minimum absolute atomic E-state index is 0.246. The third-order valence-corrected chi connectivity index (χ3v) is 4.30. The predicted molar refractivity (Wildman–Crippen MR) is 104 cm³/mol. The Kier molecular flexibility index (Phi) is 5.98. The molecule has 0 saturated carbocycles. The van der Waals surface area contributed by atoms with E-state index >= 15 is 0 Å². The van der Waals surface area contributed by atoms with Crippen molar-refractivity contribution in [2.75, 3.05) is 27.3 Å². The minimum atomic E-state index is -0.246. The van der Waals surface area contributed by atoms with Crippen molar-refractivity contribution in [1.82, 2.24) is 14.7 Å². The molecule has 0 atom stereocenters. The van der Waals surface area contributed by atoms with E-state index in [-0.39, 0.29) is 11.6 Å². The zero-order valence-corrected chi connectivity index (χ0v) is 15.9. The van der Waals surface area contributed by atoms with Gasteiger partial charge < -0.3 is 14.4 Å². The molecule has 1 aromatic heterocycles. The first-order valence-corrected chi connectivity index (χ1v) is 8.80. The molecule has 0 fully saturated rings. The van der Waals surface area contributed by atoms with Crippen LogP contribution in [0.5, 0.6) is 11.5 Å². The molecule has 1 heterocycles. The Labute approximate surface area is 162 Å². The first kappa shape index (κ1) is 18.8. The maximum Gasteiger partial charge on any atom is 0.278 e. The number of para-hydroxylation sites is 2. The van der Waals surface area contributed by atoms with Gasteiger partial charge in [0.2, 0.25) is 0 Å². The molecular formula is C20H20ClN3O3. The third kappa shape index (κ3) is 4.41. The number of carbonyl (C=O) groups excluding carboxylic acids is 1. The zero-order chi connectivity index (χ0) is 19.2. The maximum atomic E-state index is 12.8. The van der Waals surface area contributed by atoms with E-state index in [1.807, 2.05) is 42.5 Å². The highest BCUT2D eigenvalue weighted by atomic mass is 35.5. The molecule has 0 radical (unpaired) electrons. The molecule has 6 nitrogen and oxygen atoms in total. The number of nitrogens with zero attached hydrogens (tertiary/aromatic N) is 3. The van der Waals surface area contributed by atoms with Gasteiger partial charge in [-0.2, -0.15) is 5.10 Å². The molecular weight excluding hydrogens is 366 g/mol. The third-order valence-electron chi connectivity index (χ3n) is 3.99. The fourth-order valence-electron chi connectivity index (χ4n) is 2.51. The van der Waals surface area contributed by atoms with Gasteiger partial charge in [-0.3, -0.25) is 4.79 Å². The number of aromatic nitrogens is 2. The molecule has 0 saturated heterocycles. The van der Waals surface area contributed by atoms with Crippen LogP contribution in [0, 0.1) is 0 Å². The lowest BCUT2D eigenvalue weighted by molar-refractivity contribution is 0.0764. The van der Waals surface area contributed by atoms with E-state index in [0.717, 1.165) is 5.69 Å². The quantitative estimate of drug-likeness (QED) is 0.622. The van der Waals surface area contributed by atoms with Crippen molar-refractivity contribution in [1.29, 1.82) is 0 Å². The Hall–Kier alpha value is -2.99. The lowest BCUT2D eigenvalue weighted by Crippen LogP contribution is -2.31. The summed E-state index contributed by atoms with van der Waals surface area (Å²) in [5, 5.41) is 4.93. The number of hydrogen-bond acceptors (Lipinski definition) is 4. The Morgan fingerprint density at radius 3 is 2.52 bits per heavy atom. The minimum Gasteiger partial charge on any atom is -0.493 e. The zero-order valence-electron chi connectivity index (χ0n) is 15.1. The summed E-state index contributed by atoms with van der Waals surface area (Å²) in [5.41, 5.74) is 1.10. The number of hydrogen-bond donors (Lipinski definition) is 0. The molecule has 0 bridgehead atoms. The molecule has 1 amide bonds. The van der Waals surface area contributed by atoms with E-state index in [1.165, 1.54) is 12.0 Å². The Morgan fingerprint density at radius 2 is 1.81 bits per heavy atom.